The molecule has 1 aromatic heterocycles. The van der Waals surface area contributed by atoms with Gasteiger partial charge in [-0.15, -0.1) is 5.10 Å². The van der Waals surface area contributed by atoms with E-state index >= 15 is 0 Å². The third kappa shape index (κ3) is 3.91. The van der Waals surface area contributed by atoms with Crippen molar-refractivity contribution in [1.29, 1.82) is 0 Å². The number of nitrogens with one attached hydrogen (secondary N) is 1. The van der Waals surface area contributed by atoms with Gasteiger partial charge in [-0.05, 0) is 49.2 Å². The van der Waals surface area contributed by atoms with Gasteiger partial charge in [-0.2, -0.15) is 0 Å². The number of carbonyl (C=O) groups is 1. The molecule has 1 heterocycles. The van der Waals surface area contributed by atoms with Crippen LogP contribution in [0.2, 0.25) is 5.02 Å². The second-order valence-electron chi connectivity index (χ2n) is 6.74. The molecule has 144 valence electrons. The molecule has 0 atom stereocenters. The molecule has 0 radical (unpaired) electrons. The number of rotatable bonds is 4. The molecule has 3 aromatic carbocycles. The molecule has 0 saturated carbocycles. The van der Waals surface area contributed by atoms with Crippen molar-refractivity contribution in [1.82, 2.24) is 14.8 Å². The van der Waals surface area contributed by atoms with E-state index < -0.39 is 0 Å². The molecule has 0 bridgehead atoms. The van der Waals surface area contributed by atoms with Gasteiger partial charge in [0.2, 0.25) is 5.82 Å². The number of aromatic nitrogens is 3. The van der Waals surface area contributed by atoms with Crippen LogP contribution in [0.4, 0.5) is 5.69 Å². The molecule has 0 saturated heterocycles. The zero-order valence-corrected chi connectivity index (χ0v) is 16.8. The lowest BCUT2D eigenvalue weighted by Crippen LogP contribution is -2.15. The van der Waals surface area contributed by atoms with Crippen LogP contribution in [0, 0.1) is 13.8 Å². The van der Waals surface area contributed by atoms with E-state index in [2.05, 4.69) is 15.4 Å². The van der Waals surface area contributed by atoms with Gasteiger partial charge in [0.1, 0.15) is 0 Å². The van der Waals surface area contributed by atoms with Gasteiger partial charge in [0.25, 0.3) is 5.91 Å². The van der Waals surface area contributed by atoms with E-state index in [1.165, 1.54) is 0 Å². The molecule has 0 aliphatic rings. The van der Waals surface area contributed by atoms with Crippen LogP contribution >= 0.6 is 11.6 Å². The molecule has 4 aromatic rings. The fraction of sp³-hybridized carbons (Fsp3) is 0.0870. The Morgan fingerprint density at radius 1 is 0.966 bits per heavy atom. The van der Waals surface area contributed by atoms with Crippen molar-refractivity contribution in [2.45, 2.75) is 13.8 Å². The average molecular weight is 403 g/mol. The first-order valence-electron chi connectivity index (χ1n) is 9.19. The first-order valence-corrected chi connectivity index (χ1v) is 9.57. The number of hydrogen-bond acceptors (Lipinski definition) is 3. The van der Waals surface area contributed by atoms with Crippen LogP contribution in [0.1, 0.15) is 21.7 Å². The average Bonchev–Trinajstić information content (AvgIpc) is 3.18. The van der Waals surface area contributed by atoms with E-state index in [0.29, 0.717) is 16.5 Å². The van der Waals surface area contributed by atoms with E-state index in [0.717, 1.165) is 22.4 Å². The van der Waals surface area contributed by atoms with Crippen molar-refractivity contribution in [2.75, 3.05) is 5.32 Å². The minimum atomic E-state index is -0.390. The number of anilines is 1. The summed E-state index contributed by atoms with van der Waals surface area (Å²) in [6.07, 6.45) is 0. The summed E-state index contributed by atoms with van der Waals surface area (Å²) in [6.45, 7) is 3.87. The van der Waals surface area contributed by atoms with Gasteiger partial charge in [-0.3, -0.25) is 4.79 Å². The molecule has 6 heteroatoms. The molecule has 0 aliphatic heterocycles. The van der Waals surface area contributed by atoms with Crippen LogP contribution in [-0.4, -0.2) is 20.7 Å². The molecule has 4 rings (SSSR count). The van der Waals surface area contributed by atoms with Crippen molar-refractivity contribution in [3.63, 3.8) is 0 Å². The molecule has 29 heavy (non-hydrogen) atoms. The Balaban J connectivity index is 1.77. The normalized spacial score (nSPS) is 10.7. The summed E-state index contributed by atoms with van der Waals surface area (Å²) >= 11 is 6.16. The summed E-state index contributed by atoms with van der Waals surface area (Å²) in [5.74, 6) is 0.299. The van der Waals surface area contributed by atoms with Crippen molar-refractivity contribution >= 4 is 23.2 Å². The maximum absolute atomic E-state index is 12.9. The molecule has 0 aliphatic carbocycles. The van der Waals surface area contributed by atoms with E-state index in [1.807, 2.05) is 68.4 Å². The monoisotopic (exact) mass is 402 g/mol. The Morgan fingerprint density at radius 3 is 2.48 bits per heavy atom. The number of aryl methyl sites for hydroxylation is 1. The molecular formula is C23H19ClN4O. The summed E-state index contributed by atoms with van der Waals surface area (Å²) in [5.41, 5.74) is 4.24. The topological polar surface area (TPSA) is 59.8 Å². The standard InChI is InChI=1S/C23H19ClN4O/c1-15-8-6-11-18(14-15)28-22(17-9-4-3-5-10-17)26-21(27-28)23(29)25-20-13-7-12-19(24)16(20)2/h3-14H,1-2H3,(H,25,29). The number of benzene rings is 3. The van der Waals surface area contributed by atoms with Crippen LogP contribution in [0.15, 0.2) is 72.8 Å². The smallest absolute Gasteiger partial charge is 0.295 e. The molecule has 1 N–H and O–H groups in total. The van der Waals surface area contributed by atoms with Crippen molar-refractivity contribution in [2.24, 2.45) is 0 Å². The largest absolute Gasteiger partial charge is 0.319 e. The summed E-state index contributed by atoms with van der Waals surface area (Å²) in [7, 11) is 0. The van der Waals surface area contributed by atoms with Crippen LogP contribution in [0.5, 0.6) is 0 Å². The van der Waals surface area contributed by atoms with Crippen LogP contribution in [0.25, 0.3) is 17.1 Å². The lowest BCUT2D eigenvalue weighted by atomic mass is 10.2. The Labute approximate surface area is 174 Å². The number of halogens is 1. The van der Waals surface area contributed by atoms with Gasteiger partial charge in [-0.25, -0.2) is 9.67 Å². The summed E-state index contributed by atoms with van der Waals surface area (Å²) in [5, 5.41) is 7.96. The SMILES string of the molecule is Cc1cccc(-n2nc(C(=O)Nc3cccc(Cl)c3C)nc2-c2ccccc2)c1. The minimum Gasteiger partial charge on any atom is -0.319 e. The number of nitrogens with zero attached hydrogens (tertiary/aromatic N) is 3. The first kappa shape index (κ1) is 18.9. The Hall–Kier alpha value is -3.44. The second kappa shape index (κ2) is 7.89. The number of hydrogen-bond donors (Lipinski definition) is 1. The van der Waals surface area contributed by atoms with E-state index in [4.69, 9.17) is 11.6 Å². The Bertz CT molecular complexity index is 1180. The molecule has 5 nitrogen and oxygen atoms in total. The number of carbonyl (C=O) groups excluding carboxylic acids is 1. The molecule has 1 amide bonds. The van der Waals surface area contributed by atoms with E-state index in [9.17, 15) is 4.79 Å². The first-order chi connectivity index (χ1) is 14.0. The third-order valence-electron chi connectivity index (χ3n) is 4.60. The van der Waals surface area contributed by atoms with Crippen molar-refractivity contribution in [3.8, 4) is 17.1 Å². The Morgan fingerprint density at radius 2 is 1.72 bits per heavy atom. The van der Waals surface area contributed by atoms with Crippen molar-refractivity contribution in [3.05, 3.63) is 94.8 Å². The van der Waals surface area contributed by atoms with Crippen molar-refractivity contribution < 1.29 is 4.79 Å². The maximum Gasteiger partial charge on any atom is 0.295 e. The van der Waals surface area contributed by atoms with Gasteiger partial charge in [0, 0.05) is 16.3 Å². The fourth-order valence-corrected chi connectivity index (χ4v) is 3.22. The lowest BCUT2D eigenvalue weighted by Gasteiger charge is -2.07. The van der Waals surface area contributed by atoms with Crippen LogP contribution < -0.4 is 5.32 Å². The molecule has 0 unspecified atom stereocenters. The third-order valence-corrected chi connectivity index (χ3v) is 5.01. The van der Waals surface area contributed by atoms with Gasteiger partial charge >= 0.3 is 0 Å². The van der Waals surface area contributed by atoms with Crippen LogP contribution in [0.3, 0.4) is 0 Å². The minimum absolute atomic E-state index is 0.0877. The summed E-state index contributed by atoms with van der Waals surface area (Å²) < 4.78 is 1.70. The highest BCUT2D eigenvalue weighted by molar-refractivity contribution is 6.31. The van der Waals surface area contributed by atoms with Gasteiger partial charge < -0.3 is 5.32 Å². The zero-order chi connectivity index (χ0) is 20.4. The predicted octanol–water partition coefficient (Wildman–Crippen LogP) is 5.46. The highest BCUT2D eigenvalue weighted by Crippen LogP contribution is 2.25. The van der Waals surface area contributed by atoms with Gasteiger partial charge in [0.15, 0.2) is 5.82 Å². The lowest BCUT2D eigenvalue weighted by molar-refractivity contribution is 0.101. The van der Waals surface area contributed by atoms with Gasteiger partial charge in [-0.1, -0.05) is 60.1 Å². The fourth-order valence-electron chi connectivity index (χ4n) is 3.04. The highest BCUT2D eigenvalue weighted by atomic mass is 35.5. The second-order valence-corrected chi connectivity index (χ2v) is 7.15. The molecule has 0 spiro atoms. The van der Waals surface area contributed by atoms with Crippen LogP contribution in [-0.2, 0) is 0 Å². The number of amides is 1. The predicted molar refractivity (Wildman–Crippen MR) is 116 cm³/mol. The Kier molecular flexibility index (Phi) is 5.14. The zero-order valence-electron chi connectivity index (χ0n) is 16.1. The van der Waals surface area contributed by atoms with Gasteiger partial charge in [0.05, 0.1) is 5.69 Å². The quantitative estimate of drug-likeness (QED) is 0.493. The highest BCUT2D eigenvalue weighted by Gasteiger charge is 2.19. The molecule has 0 fully saturated rings. The van der Waals surface area contributed by atoms with E-state index in [-0.39, 0.29) is 11.7 Å². The summed E-state index contributed by atoms with van der Waals surface area (Å²) in [6, 6.07) is 23.0. The summed E-state index contributed by atoms with van der Waals surface area (Å²) in [4.78, 5) is 17.4. The molecular weight excluding hydrogens is 384 g/mol. The maximum atomic E-state index is 12.9. The van der Waals surface area contributed by atoms with E-state index in [1.54, 1.807) is 22.9 Å².